The van der Waals surface area contributed by atoms with Crippen LogP contribution in [0, 0.1) is 11.6 Å². The fourth-order valence-electron chi connectivity index (χ4n) is 6.54. The number of nitrogens with zero attached hydrogens (tertiary/aromatic N) is 4. The monoisotopic (exact) mass is 775 g/mol. The predicted octanol–water partition coefficient (Wildman–Crippen LogP) is 4.64. The van der Waals surface area contributed by atoms with Gasteiger partial charge in [0.1, 0.15) is 23.8 Å². The van der Waals surface area contributed by atoms with Crippen molar-refractivity contribution in [3.05, 3.63) is 87.1 Å². The van der Waals surface area contributed by atoms with E-state index >= 15 is 0 Å². The Bertz CT molecular complexity index is 2110. The molecule has 0 aliphatic carbocycles. The number of carbonyl (C=O) groups is 3. The minimum absolute atomic E-state index is 0.0439. The number of fused-ring (bicyclic) bond motifs is 5. The molecule has 2 aromatic heterocycles. The molecule has 2 bridgehead atoms. The number of halogens is 2. The zero-order valence-electron chi connectivity index (χ0n) is 29.5. The Kier molecular flexibility index (Phi) is 11.0. The van der Waals surface area contributed by atoms with Crippen molar-refractivity contribution in [2.24, 2.45) is 5.16 Å². The number of amides is 2. The van der Waals surface area contributed by atoms with Crippen LogP contribution < -0.4 is 20.0 Å². The minimum atomic E-state index is -3.98. The van der Waals surface area contributed by atoms with Gasteiger partial charge < -0.3 is 38.4 Å². The number of pyridine rings is 2. The van der Waals surface area contributed by atoms with E-state index in [0.29, 0.717) is 25.3 Å². The predicted molar refractivity (Wildman–Crippen MR) is 182 cm³/mol. The summed E-state index contributed by atoms with van der Waals surface area (Å²) in [6.45, 7) is 2.04. The molecule has 1 N–H and O–H groups in total. The number of oxime groups is 1. The third-order valence-corrected chi connectivity index (χ3v) is 10.7. The summed E-state index contributed by atoms with van der Waals surface area (Å²) in [5.41, 5.74) is -1.76. The van der Waals surface area contributed by atoms with E-state index in [4.69, 9.17) is 32.6 Å². The number of hydrogen-bond acceptors (Lipinski definition) is 14. The molecule has 3 aliphatic heterocycles. The van der Waals surface area contributed by atoms with E-state index in [9.17, 15) is 32.5 Å². The van der Waals surface area contributed by atoms with Crippen LogP contribution in [0.3, 0.4) is 0 Å². The number of carbonyl (C=O) groups excluding carboxylic acids is 3. The highest BCUT2D eigenvalue weighted by atomic mass is 31.2. The molecule has 3 aromatic rings. The van der Waals surface area contributed by atoms with Gasteiger partial charge in [0.05, 0.1) is 18.0 Å². The average molecular weight is 776 g/mol. The summed E-state index contributed by atoms with van der Waals surface area (Å²) in [4.78, 5) is 65.8. The average Bonchev–Trinajstić information content (AvgIpc) is 3.49. The van der Waals surface area contributed by atoms with Gasteiger partial charge in [0.15, 0.2) is 17.0 Å². The van der Waals surface area contributed by atoms with Crippen molar-refractivity contribution < 1.29 is 60.3 Å². The first-order valence-electron chi connectivity index (χ1n) is 16.6. The molecule has 1 saturated heterocycles. The second-order valence-electron chi connectivity index (χ2n) is 12.7. The lowest BCUT2D eigenvalue weighted by Crippen LogP contribution is -2.52. The fraction of sp³-hybridized carbons (Fsp3) is 0.412. The first kappa shape index (κ1) is 38.3. The number of rotatable bonds is 12. The smallest absolute Gasteiger partial charge is 0.451 e. The molecular weight excluding hydrogens is 739 g/mol. The Balaban J connectivity index is 1.27. The third-order valence-electron chi connectivity index (χ3n) is 9.38. The summed E-state index contributed by atoms with van der Waals surface area (Å²) in [5, 5.41) is 6.65. The number of nitrogens with one attached hydrogen (secondary N) is 1. The summed E-state index contributed by atoms with van der Waals surface area (Å²) < 4.78 is 72.5. The van der Waals surface area contributed by atoms with E-state index in [1.54, 1.807) is 11.8 Å². The van der Waals surface area contributed by atoms with Crippen LogP contribution in [-0.2, 0) is 41.1 Å². The normalized spacial score (nSPS) is 20.4. The first-order chi connectivity index (χ1) is 25.8. The van der Waals surface area contributed by atoms with Crippen LogP contribution in [0.4, 0.5) is 13.6 Å². The lowest BCUT2D eigenvalue weighted by atomic mass is 9.84. The molecule has 3 atom stereocenters. The fourth-order valence-corrected chi connectivity index (χ4v) is 7.24. The van der Waals surface area contributed by atoms with Gasteiger partial charge in [-0.15, -0.1) is 0 Å². The first-order valence-corrected chi connectivity index (χ1v) is 18.0. The summed E-state index contributed by atoms with van der Waals surface area (Å²) in [6, 6.07) is 3.33. The number of hydrogen-bond donors (Lipinski definition) is 1. The van der Waals surface area contributed by atoms with Crippen molar-refractivity contribution in [1.29, 1.82) is 0 Å². The summed E-state index contributed by atoms with van der Waals surface area (Å²) in [5.74, 6) is -3.90. The molecule has 288 valence electrons. The van der Waals surface area contributed by atoms with Crippen LogP contribution in [-0.4, -0.2) is 77.3 Å². The van der Waals surface area contributed by atoms with Crippen molar-refractivity contribution in [2.75, 3.05) is 27.6 Å². The second-order valence-corrected chi connectivity index (χ2v) is 14.5. The quantitative estimate of drug-likeness (QED) is 0.152. The van der Waals surface area contributed by atoms with Gasteiger partial charge in [0, 0.05) is 69.4 Å². The number of ether oxygens (including phenoxy) is 3. The Morgan fingerprint density at radius 3 is 2.61 bits per heavy atom. The Hall–Kier alpha value is -5.39. The largest absolute Gasteiger partial charge is 0.529 e. The highest BCUT2D eigenvalue weighted by molar-refractivity contribution is 7.48. The number of aromatic nitrogens is 2. The highest BCUT2D eigenvalue weighted by Crippen LogP contribution is 2.49. The molecule has 0 unspecified atom stereocenters. The Labute approximate surface area is 306 Å². The SMILES string of the molecule is COP(=O)(OC)Oc1cnccc1COC(=O)OCOc1c2n(cc(C(=O)NCc3ccc(F)cc3F)c1=O)[C@@H]1CN(C2=O)[C@@H](C)CC[C@]12CC(C)=NO2. The zero-order valence-corrected chi connectivity index (χ0v) is 30.4. The lowest BCUT2D eigenvalue weighted by Gasteiger charge is -2.42. The molecule has 2 amide bonds. The van der Waals surface area contributed by atoms with Gasteiger partial charge >= 0.3 is 14.0 Å². The van der Waals surface area contributed by atoms with Crippen molar-refractivity contribution in [3.8, 4) is 11.5 Å². The molecule has 0 saturated carbocycles. The van der Waals surface area contributed by atoms with Gasteiger partial charge in [-0.05, 0) is 38.8 Å². The van der Waals surface area contributed by atoms with Crippen molar-refractivity contribution in [2.45, 2.75) is 63.9 Å². The molecule has 6 rings (SSSR count). The molecule has 0 radical (unpaired) electrons. The molecular formula is C34H36F2N5O12P. The van der Waals surface area contributed by atoms with Gasteiger partial charge in [-0.3, -0.25) is 28.4 Å². The third kappa shape index (κ3) is 7.65. The molecule has 3 aliphatic rings. The van der Waals surface area contributed by atoms with E-state index in [1.165, 1.54) is 29.2 Å². The van der Waals surface area contributed by atoms with E-state index in [-0.39, 0.29) is 35.2 Å². The van der Waals surface area contributed by atoms with Crippen LogP contribution in [0.2, 0.25) is 0 Å². The van der Waals surface area contributed by atoms with Crippen LogP contribution in [0.15, 0.2) is 52.8 Å². The highest BCUT2D eigenvalue weighted by Gasteiger charge is 2.54. The lowest BCUT2D eigenvalue weighted by molar-refractivity contribution is -0.0658. The number of phosphoric acid groups is 1. The van der Waals surface area contributed by atoms with E-state index in [2.05, 4.69) is 15.5 Å². The van der Waals surface area contributed by atoms with Gasteiger partial charge in [-0.25, -0.2) is 18.1 Å². The maximum Gasteiger partial charge on any atom is 0.529 e. The maximum absolute atomic E-state index is 14.4. The molecule has 17 nitrogen and oxygen atoms in total. The maximum atomic E-state index is 14.4. The van der Waals surface area contributed by atoms with Crippen molar-refractivity contribution in [3.63, 3.8) is 0 Å². The molecule has 1 aromatic carbocycles. The van der Waals surface area contributed by atoms with Crippen molar-refractivity contribution in [1.82, 2.24) is 19.8 Å². The molecule has 1 fully saturated rings. The standard InChI is InChI=1S/C34H36F2N5O12P/c1-19-12-34(53-39-19)9-7-20(2)40-16-27(34)41-15-24(31(43)38-13-21-5-6-23(35)11-25(21)36)29(42)30(28(41)32(40)44)50-18-51-33(45)49-17-22-8-10-37-14-26(22)52-54(46,47-3)48-4/h5-6,8,10-11,14-15,20,27H,7,9,12-13,16-18H2,1-4H3,(H,38,43)/t20-,27+,34-/m0/s1. The van der Waals surface area contributed by atoms with E-state index in [0.717, 1.165) is 32.1 Å². The minimum Gasteiger partial charge on any atom is -0.451 e. The van der Waals surface area contributed by atoms with E-state index in [1.807, 2.05) is 6.92 Å². The molecule has 54 heavy (non-hydrogen) atoms. The topological polar surface area (TPSA) is 195 Å². The summed E-state index contributed by atoms with van der Waals surface area (Å²) >= 11 is 0. The van der Waals surface area contributed by atoms with Gasteiger partial charge in [-0.1, -0.05) is 11.2 Å². The van der Waals surface area contributed by atoms with Gasteiger partial charge in [0.25, 0.3) is 11.8 Å². The summed E-state index contributed by atoms with van der Waals surface area (Å²) in [7, 11) is -1.75. The van der Waals surface area contributed by atoms with Crippen LogP contribution in [0.1, 0.15) is 71.1 Å². The second kappa shape index (κ2) is 15.5. The molecule has 1 spiro atoms. The zero-order chi connectivity index (χ0) is 38.8. The number of benzene rings is 1. The van der Waals surface area contributed by atoms with Crippen LogP contribution >= 0.6 is 7.82 Å². The van der Waals surface area contributed by atoms with Gasteiger partial charge in [0.2, 0.25) is 18.0 Å². The van der Waals surface area contributed by atoms with Gasteiger partial charge in [-0.2, -0.15) is 0 Å². The number of phosphoric ester groups is 1. The van der Waals surface area contributed by atoms with Crippen molar-refractivity contribution >= 4 is 31.5 Å². The molecule has 5 heterocycles. The van der Waals surface area contributed by atoms with E-state index < -0.39 is 85.8 Å². The molecule has 20 heteroatoms. The van der Waals surface area contributed by atoms with Crippen LogP contribution in [0.5, 0.6) is 11.5 Å². The Morgan fingerprint density at radius 2 is 1.91 bits per heavy atom. The Morgan fingerprint density at radius 1 is 1.13 bits per heavy atom. The summed E-state index contributed by atoms with van der Waals surface area (Å²) in [6.07, 6.45) is 3.97. The van der Waals surface area contributed by atoms with Crippen LogP contribution in [0.25, 0.3) is 0 Å².